The number of anilines is 1. The molecule has 0 fully saturated rings. The first-order chi connectivity index (χ1) is 10.2. The molecule has 0 saturated carbocycles. The molecule has 3 aromatic rings. The van der Waals surface area contributed by atoms with Crippen molar-refractivity contribution in [3.63, 3.8) is 0 Å². The highest BCUT2D eigenvalue weighted by Crippen LogP contribution is 2.26. The summed E-state index contributed by atoms with van der Waals surface area (Å²) in [6, 6.07) is 9.07. The van der Waals surface area contributed by atoms with Crippen LogP contribution in [0.15, 0.2) is 46.5 Å². The van der Waals surface area contributed by atoms with E-state index in [0.717, 1.165) is 22.0 Å². The monoisotopic (exact) mass is 334 g/mol. The van der Waals surface area contributed by atoms with E-state index < -0.39 is 0 Å². The minimum atomic E-state index is -0.0838. The van der Waals surface area contributed by atoms with Crippen LogP contribution in [0.1, 0.15) is 5.69 Å². The van der Waals surface area contributed by atoms with Crippen molar-refractivity contribution in [3.8, 4) is 10.6 Å². The highest BCUT2D eigenvalue weighted by Gasteiger charge is 2.09. The van der Waals surface area contributed by atoms with Crippen LogP contribution >= 0.6 is 34.3 Å². The molecule has 0 saturated heterocycles. The summed E-state index contributed by atoms with van der Waals surface area (Å²) < 4.78 is 0. The van der Waals surface area contributed by atoms with E-state index in [-0.39, 0.29) is 12.3 Å². The number of carbonyl (C=O) groups excluding carboxylic acids is 1. The molecule has 0 unspecified atom stereocenters. The van der Waals surface area contributed by atoms with Crippen molar-refractivity contribution in [1.29, 1.82) is 0 Å². The number of rotatable bonds is 4. The average molecular weight is 335 g/mol. The Morgan fingerprint density at radius 3 is 2.71 bits per heavy atom. The minimum Gasteiger partial charge on any atom is -0.326 e. The lowest BCUT2D eigenvalue weighted by atomic mass is 10.3. The van der Waals surface area contributed by atoms with Crippen molar-refractivity contribution in [2.45, 2.75) is 6.42 Å². The quantitative estimate of drug-likeness (QED) is 0.751. The Morgan fingerprint density at radius 1 is 1.19 bits per heavy atom. The van der Waals surface area contributed by atoms with Gasteiger partial charge in [0.25, 0.3) is 0 Å². The van der Waals surface area contributed by atoms with Crippen LogP contribution in [-0.2, 0) is 11.2 Å². The normalized spacial score (nSPS) is 10.5. The molecule has 1 amide bonds. The number of hydrogen-bond donors (Lipinski definition) is 1. The Balaban J connectivity index is 1.64. The van der Waals surface area contributed by atoms with Crippen LogP contribution in [0, 0.1) is 0 Å². The summed E-state index contributed by atoms with van der Waals surface area (Å²) in [6.45, 7) is 0. The molecule has 0 bridgehead atoms. The van der Waals surface area contributed by atoms with Gasteiger partial charge in [-0.15, -0.1) is 11.3 Å². The maximum Gasteiger partial charge on any atom is 0.230 e. The van der Waals surface area contributed by atoms with Crippen LogP contribution in [0.3, 0.4) is 0 Å². The zero-order chi connectivity index (χ0) is 14.7. The number of benzene rings is 1. The van der Waals surface area contributed by atoms with Gasteiger partial charge in [0.1, 0.15) is 5.01 Å². The molecular weight excluding hydrogens is 324 g/mol. The third-order valence-electron chi connectivity index (χ3n) is 2.79. The second kappa shape index (κ2) is 6.39. The van der Waals surface area contributed by atoms with Crippen LogP contribution in [0.4, 0.5) is 5.69 Å². The molecule has 6 heteroatoms. The highest BCUT2D eigenvalue weighted by atomic mass is 35.5. The maximum atomic E-state index is 12.0. The fraction of sp³-hybridized carbons (Fsp3) is 0.0667. The predicted octanol–water partition coefficient (Wildman–Crippen LogP) is 4.71. The molecule has 2 aromatic heterocycles. The third-order valence-corrected chi connectivity index (χ3v) is 4.66. The Kier molecular flexibility index (Phi) is 4.34. The number of carbonyl (C=O) groups is 1. The molecule has 0 aliphatic heterocycles. The van der Waals surface area contributed by atoms with Crippen LogP contribution in [-0.4, -0.2) is 10.9 Å². The topological polar surface area (TPSA) is 42.0 Å². The zero-order valence-electron chi connectivity index (χ0n) is 10.9. The van der Waals surface area contributed by atoms with Crippen molar-refractivity contribution in [2.75, 3.05) is 5.32 Å². The molecule has 0 aliphatic carbocycles. The molecule has 3 rings (SSSR count). The molecular formula is C15H11ClN2OS2. The summed E-state index contributed by atoms with van der Waals surface area (Å²) in [4.78, 5) is 16.5. The number of halogens is 1. The van der Waals surface area contributed by atoms with Gasteiger partial charge in [0.2, 0.25) is 5.91 Å². The van der Waals surface area contributed by atoms with E-state index in [4.69, 9.17) is 11.6 Å². The number of thiophene rings is 1. The minimum absolute atomic E-state index is 0.0838. The smallest absolute Gasteiger partial charge is 0.230 e. The van der Waals surface area contributed by atoms with Gasteiger partial charge in [0.05, 0.1) is 12.1 Å². The molecule has 0 aliphatic rings. The molecule has 0 spiro atoms. The molecule has 2 heterocycles. The number of nitrogens with zero attached hydrogens (tertiary/aromatic N) is 1. The number of nitrogens with one attached hydrogen (secondary N) is 1. The van der Waals surface area contributed by atoms with E-state index in [1.54, 1.807) is 46.9 Å². The SMILES string of the molecule is O=C(Cc1csc(-c2ccsc2)n1)Nc1ccc(Cl)cc1. The molecule has 1 N–H and O–H groups in total. The zero-order valence-corrected chi connectivity index (χ0v) is 13.3. The Morgan fingerprint density at radius 2 is 2.00 bits per heavy atom. The van der Waals surface area contributed by atoms with Gasteiger partial charge in [0, 0.05) is 27.0 Å². The van der Waals surface area contributed by atoms with E-state index in [2.05, 4.69) is 15.7 Å². The van der Waals surface area contributed by atoms with Gasteiger partial charge in [-0.05, 0) is 35.7 Å². The second-order valence-corrected chi connectivity index (χ2v) is 6.46. The number of hydrogen-bond acceptors (Lipinski definition) is 4. The van der Waals surface area contributed by atoms with Crippen LogP contribution in [0.25, 0.3) is 10.6 Å². The number of amides is 1. The maximum absolute atomic E-state index is 12.0. The lowest BCUT2D eigenvalue weighted by Gasteiger charge is -2.03. The van der Waals surface area contributed by atoms with Crippen molar-refractivity contribution < 1.29 is 4.79 Å². The Bertz CT molecular complexity index is 735. The standard InChI is InChI=1S/C15H11ClN2OS2/c16-11-1-3-12(4-2-11)17-14(19)7-13-9-21-15(18-13)10-5-6-20-8-10/h1-6,8-9H,7H2,(H,17,19). The summed E-state index contributed by atoms with van der Waals surface area (Å²) >= 11 is 9.00. The van der Waals surface area contributed by atoms with Gasteiger partial charge >= 0.3 is 0 Å². The van der Waals surface area contributed by atoms with Crippen LogP contribution < -0.4 is 5.32 Å². The molecule has 3 nitrogen and oxygen atoms in total. The molecule has 1 aromatic carbocycles. The number of thiazole rings is 1. The van der Waals surface area contributed by atoms with Gasteiger partial charge in [-0.25, -0.2) is 4.98 Å². The van der Waals surface area contributed by atoms with Gasteiger partial charge in [0.15, 0.2) is 0 Å². The third kappa shape index (κ3) is 3.69. The summed E-state index contributed by atoms with van der Waals surface area (Å²) in [5.41, 5.74) is 2.62. The summed E-state index contributed by atoms with van der Waals surface area (Å²) in [7, 11) is 0. The van der Waals surface area contributed by atoms with E-state index in [9.17, 15) is 4.79 Å². The van der Waals surface area contributed by atoms with Gasteiger partial charge in [-0.1, -0.05) is 11.6 Å². The van der Waals surface area contributed by atoms with E-state index in [0.29, 0.717) is 5.02 Å². The predicted molar refractivity (Wildman–Crippen MR) is 89.2 cm³/mol. The first kappa shape index (κ1) is 14.3. The van der Waals surface area contributed by atoms with Crippen molar-refractivity contribution in [1.82, 2.24) is 4.98 Å². The van der Waals surface area contributed by atoms with Crippen LogP contribution in [0.5, 0.6) is 0 Å². The first-order valence-corrected chi connectivity index (χ1v) is 8.43. The Hall–Kier alpha value is -1.69. The van der Waals surface area contributed by atoms with E-state index in [1.807, 2.05) is 16.8 Å². The van der Waals surface area contributed by atoms with Crippen molar-refractivity contribution >= 4 is 45.9 Å². The fourth-order valence-electron chi connectivity index (χ4n) is 1.81. The lowest BCUT2D eigenvalue weighted by molar-refractivity contribution is -0.115. The van der Waals surface area contributed by atoms with Crippen molar-refractivity contribution in [3.05, 3.63) is 57.2 Å². The van der Waals surface area contributed by atoms with Crippen molar-refractivity contribution in [2.24, 2.45) is 0 Å². The number of aromatic nitrogens is 1. The second-order valence-electron chi connectivity index (χ2n) is 4.39. The summed E-state index contributed by atoms with van der Waals surface area (Å²) in [5.74, 6) is -0.0838. The average Bonchev–Trinajstić information content (AvgIpc) is 3.12. The summed E-state index contributed by atoms with van der Waals surface area (Å²) in [5, 5.41) is 10.4. The van der Waals surface area contributed by atoms with Gasteiger partial charge in [-0.2, -0.15) is 11.3 Å². The van der Waals surface area contributed by atoms with E-state index in [1.165, 1.54) is 0 Å². The van der Waals surface area contributed by atoms with Gasteiger partial charge in [-0.3, -0.25) is 4.79 Å². The molecule has 106 valence electrons. The van der Waals surface area contributed by atoms with Gasteiger partial charge < -0.3 is 5.32 Å². The molecule has 0 atom stereocenters. The highest BCUT2D eigenvalue weighted by molar-refractivity contribution is 7.14. The fourth-order valence-corrected chi connectivity index (χ4v) is 3.47. The lowest BCUT2D eigenvalue weighted by Crippen LogP contribution is -2.14. The Labute approximate surface area is 135 Å². The van der Waals surface area contributed by atoms with Crippen LogP contribution in [0.2, 0.25) is 5.02 Å². The summed E-state index contributed by atoms with van der Waals surface area (Å²) in [6.07, 6.45) is 0.267. The molecule has 0 radical (unpaired) electrons. The largest absolute Gasteiger partial charge is 0.326 e. The van der Waals surface area contributed by atoms with E-state index >= 15 is 0 Å². The first-order valence-electron chi connectivity index (χ1n) is 6.23. The molecule has 21 heavy (non-hydrogen) atoms.